The van der Waals surface area contributed by atoms with Gasteiger partial charge in [-0.2, -0.15) is 0 Å². The number of fused-ring (bicyclic) bond motifs is 12. The second kappa shape index (κ2) is 16.8. The van der Waals surface area contributed by atoms with E-state index in [1.165, 1.54) is 75.0 Å². The lowest BCUT2D eigenvalue weighted by atomic mass is 9.95. The van der Waals surface area contributed by atoms with Crippen molar-refractivity contribution in [2.45, 2.75) is 0 Å². The number of para-hydroxylation sites is 3. The van der Waals surface area contributed by atoms with E-state index >= 15 is 0 Å². The van der Waals surface area contributed by atoms with Gasteiger partial charge in [0.15, 0.2) is 5.58 Å². The molecule has 0 aliphatic carbocycles. The first-order chi connectivity index (χ1) is 37.7. The summed E-state index contributed by atoms with van der Waals surface area (Å²) in [7, 11) is 0. The van der Waals surface area contributed by atoms with Crippen molar-refractivity contribution >= 4 is 97.2 Å². The average Bonchev–Trinajstić information content (AvgIpc) is 4.34. The molecule has 0 spiro atoms. The number of benzene rings is 11. The molecule has 0 saturated carbocycles. The van der Waals surface area contributed by atoms with Gasteiger partial charge in [0.25, 0.3) is 0 Å². The van der Waals surface area contributed by atoms with Gasteiger partial charge in [0.05, 0.1) is 22.1 Å². The number of nitrogens with zero attached hydrogens (tertiary/aromatic N) is 4. The molecule has 11 aromatic carbocycles. The maximum absolute atomic E-state index is 6.71. The molecule has 0 amide bonds. The summed E-state index contributed by atoms with van der Waals surface area (Å²) in [4.78, 5) is 9.77. The van der Waals surface area contributed by atoms with Crippen molar-refractivity contribution in [2.24, 2.45) is 0 Å². The Labute approximate surface area is 440 Å². The van der Waals surface area contributed by atoms with Crippen molar-refractivity contribution in [3.63, 3.8) is 0 Å². The number of rotatable bonds is 7. The van der Waals surface area contributed by atoms with Crippen molar-refractivity contribution in [1.82, 2.24) is 19.1 Å². The lowest BCUT2D eigenvalue weighted by molar-refractivity contribution is 0.667. The van der Waals surface area contributed by atoms with E-state index in [1.807, 2.05) is 11.3 Å². The largest absolute Gasteiger partial charge is 0.452 e. The van der Waals surface area contributed by atoms with Gasteiger partial charge in [0.2, 0.25) is 0 Å². The van der Waals surface area contributed by atoms with Crippen LogP contribution in [-0.2, 0) is 0 Å². The minimum Gasteiger partial charge on any atom is -0.452 e. The fourth-order valence-corrected chi connectivity index (χ4v) is 13.1. The maximum Gasteiger partial charge on any atom is 0.180 e. The van der Waals surface area contributed by atoms with Gasteiger partial charge < -0.3 is 13.6 Å². The predicted molar refractivity (Wildman–Crippen MR) is 318 cm³/mol. The van der Waals surface area contributed by atoms with Crippen LogP contribution in [-0.4, -0.2) is 19.1 Å². The molecule has 16 rings (SSSR count). The number of hydrogen-bond donors (Lipinski definition) is 0. The topological polar surface area (TPSA) is 48.8 Å². The van der Waals surface area contributed by atoms with Crippen LogP contribution in [0, 0.1) is 0 Å². The van der Waals surface area contributed by atoms with Gasteiger partial charge in [-0.1, -0.05) is 164 Å². The minimum absolute atomic E-state index is 0.666. The zero-order chi connectivity index (χ0) is 49.8. The Morgan fingerprint density at radius 1 is 0.329 bits per heavy atom. The Kier molecular flexibility index (Phi) is 9.44. The van der Waals surface area contributed by atoms with E-state index in [9.17, 15) is 0 Å². The fourth-order valence-electron chi connectivity index (χ4n) is 11.9. The van der Waals surface area contributed by atoms with Crippen LogP contribution in [0.3, 0.4) is 0 Å². The van der Waals surface area contributed by atoms with E-state index < -0.39 is 0 Å². The van der Waals surface area contributed by atoms with Gasteiger partial charge in [-0.3, -0.25) is 0 Å². The maximum atomic E-state index is 6.71. The van der Waals surface area contributed by atoms with Crippen molar-refractivity contribution in [3.8, 4) is 67.1 Å². The summed E-state index contributed by atoms with van der Waals surface area (Å²) >= 11 is 1.87. The zero-order valence-electron chi connectivity index (χ0n) is 40.9. The van der Waals surface area contributed by atoms with Crippen LogP contribution in [0.4, 0.5) is 0 Å². The van der Waals surface area contributed by atoms with Crippen LogP contribution < -0.4 is 0 Å². The molecule has 76 heavy (non-hydrogen) atoms. The Morgan fingerprint density at radius 3 is 1.70 bits per heavy atom. The van der Waals surface area contributed by atoms with Gasteiger partial charge in [-0.25, -0.2) is 9.97 Å². The highest BCUT2D eigenvalue weighted by molar-refractivity contribution is 7.26. The highest BCUT2D eigenvalue weighted by atomic mass is 32.1. The molecule has 6 heteroatoms. The predicted octanol–water partition coefficient (Wildman–Crippen LogP) is 19.3. The van der Waals surface area contributed by atoms with E-state index in [0.717, 1.165) is 72.4 Å². The first kappa shape index (κ1) is 42.6. The summed E-state index contributed by atoms with van der Waals surface area (Å²) in [6.07, 6.45) is 1.67. The minimum atomic E-state index is 0.666. The van der Waals surface area contributed by atoms with Crippen LogP contribution in [0.2, 0.25) is 0 Å². The Balaban J connectivity index is 0.760. The van der Waals surface area contributed by atoms with Crippen molar-refractivity contribution in [1.29, 1.82) is 0 Å². The highest BCUT2D eigenvalue weighted by Crippen LogP contribution is 2.43. The lowest BCUT2D eigenvalue weighted by Gasteiger charge is -2.11. The number of hydrogen-bond acceptors (Lipinski definition) is 4. The third-order valence-electron chi connectivity index (χ3n) is 15.4. The number of furan rings is 1. The molecule has 0 aliphatic heterocycles. The van der Waals surface area contributed by atoms with Crippen LogP contribution in [0.1, 0.15) is 0 Å². The summed E-state index contributed by atoms with van der Waals surface area (Å²) in [5.74, 6) is 0. The summed E-state index contributed by atoms with van der Waals surface area (Å²) in [6.45, 7) is 0. The van der Waals surface area contributed by atoms with Crippen molar-refractivity contribution in [2.75, 3.05) is 0 Å². The van der Waals surface area contributed by atoms with E-state index in [-0.39, 0.29) is 0 Å². The van der Waals surface area contributed by atoms with Crippen LogP contribution in [0.25, 0.3) is 153 Å². The third kappa shape index (κ3) is 6.64. The van der Waals surface area contributed by atoms with Crippen molar-refractivity contribution in [3.05, 3.63) is 255 Å². The van der Waals surface area contributed by atoms with Crippen LogP contribution in [0.5, 0.6) is 0 Å². The number of thiophene rings is 1. The molecule has 0 unspecified atom stereocenters. The van der Waals surface area contributed by atoms with E-state index in [0.29, 0.717) is 5.58 Å². The van der Waals surface area contributed by atoms with Crippen LogP contribution >= 0.6 is 11.3 Å². The summed E-state index contributed by atoms with van der Waals surface area (Å²) in [5, 5.41) is 8.44. The molecule has 5 aromatic heterocycles. The molecule has 0 fully saturated rings. The first-order valence-electron chi connectivity index (χ1n) is 25.7. The average molecular weight is 987 g/mol. The normalized spacial score (nSPS) is 11.9. The lowest BCUT2D eigenvalue weighted by Crippen LogP contribution is -1.95. The molecule has 5 heterocycles. The molecule has 16 aromatic rings. The molecule has 5 nitrogen and oxygen atoms in total. The first-order valence-corrected chi connectivity index (χ1v) is 26.5. The molecule has 0 radical (unpaired) electrons. The molecular weight excluding hydrogens is 945 g/mol. The van der Waals surface area contributed by atoms with Gasteiger partial charge in [-0.15, -0.1) is 11.3 Å². The Bertz CT molecular complexity index is 5020. The van der Waals surface area contributed by atoms with Crippen molar-refractivity contribution < 1.29 is 4.42 Å². The van der Waals surface area contributed by atoms with Crippen LogP contribution in [0.15, 0.2) is 259 Å². The Morgan fingerprint density at radius 2 is 0.882 bits per heavy atom. The second-order valence-corrected chi connectivity index (χ2v) is 20.8. The van der Waals surface area contributed by atoms with E-state index in [1.54, 1.807) is 6.33 Å². The molecule has 0 bridgehead atoms. The smallest absolute Gasteiger partial charge is 0.180 e. The van der Waals surface area contributed by atoms with E-state index in [4.69, 9.17) is 14.4 Å². The van der Waals surface area contributed by atoms with Gasteiger partial charge in [0, 0.05) is 64.0 Å². The SMILES string of the molecule is c1ccc(-n2c3ccccc3c3cc(-c4ccc5c6ccccc6n(-c6cccc(-c7ncnc8c7oc7ccc(-c9cccc(-c%10cccc(-c%11cccc%12c%11sc%11ccccc%11%12)c%10)c9)cc78)c6)c5c4)ccc32)cc1. The summed E-state index contributed by atoms with van der Waals surface area (Å²) < 4.78 is 14.1. The molecule has 0 saturated heterocycles. The summed E-state index contributed by atoms with van der Waals surface area (Å²) in [5.41, 5.74) is 20.1. The molecule has 0 atom stereocenters. The molecule has 354 valence electrons. The summed E-state index contributed by atoms with van der Waals surface area (Å²) in [6, 6.07) is 90.0. The quantitative estimate of drug-likeness (QED) is 0.160. The fraction of sp³-hybridized carbons (Fsp3) is 0. The van der Waals surface area contributed by atoms with Gasteiger partial charge in [-0.05, 0) is 129 Å². The van der Waals surface area contributed by atoms with Gasteiger partial charge in [0.1, 0.15) is 23.1 Å². The third-order valence-corrected chi connectivity index (χ3v) is 16.6. The highest BCUT2D eigenvalue weighted by Gasteiger charge is 2.20. The monoisotopic (exact) mass is 986 g/mol. The zero-order valence-corrected chi connectivity index (χ0v) is 41.7. The number of aromatic nitrogens is 4. The standard InChI is InChI=1S/C70H42N4OS/c1-2-19-51(20-3-1)73-62-28-8-5-23-55(62)59-39-46(31-34-63(59)73)48-30-33-56-54-22-4-7-27-61(54)74(64(56)41-48)52-21-12-18-50(38-52)67-69-68(72-42-71-67)60-40-47(32-35-65(60)75-69)44-15-10-14-43(36-44)45-16-11-17-49(37-45)53-25-13-26-58-57-24-6-9-29-66(57)76-70(53)58/h1-42H. The second-order valence-electron chi connectivity index (χ2n) is 19.7. The van der Waals surface area contributed by atoms with E-state index in [2.05, 4.69) is 258 Å². The molecule has 0 aliphatic rings. The Hall–Kier alpha value is -9.88. The molecule has 0 N–H and O–H groups in total. The molecular formula is C70H42N4OS. The van der Waals surface area contributed by atoms with Gasteiger partial charge >= 0.3 is 0 Å².